The number of amides is 2. The molecule has 4 rings (SSSR count). The van der Waals surface area contributed by atoms with Crippen molar-refractivity contribution < 1.29 is 24.1 Å². The summed E-state index contributed by atoms with van der Waals surface area (Å²) in [5, 5.41) is 0. The summed E-state index contributed by atoms with van der Waals surface area (Å²) in [7, 11) is 1.64. The van der Waals surface area contributed by atoms with Crippen LogP contribution in [0.4, 0.5) is 0 Å². The number of benzene rings is 2. The summed E-state index contributed by atoms with van der Waals surface area (Å²) in [4.78, 5) is 29.9. The third kappa shape index (κ3) is 5.14. The minimum absolute atomic E-state index is 0.00986. The normalized spacial score (nSPS) is 23.9. The number of aryl methyl sites for hydroxylation is 1. The smallest absolute Gasteiger partial charge is 0.288 e. The summed E-state index contributed by atoms with van der Waals surface area (Å²) >= 11 is 0. The first-order valence-corrected chi connectivity index (χ1v) is 11.2. The number of hydrogen-bond donors (Lipinski definition) is 2. The molecular formula is C25H33N3O3+2. The van der Waals surface area contributed by atoms with Gasteiger partial charge in [-0.2, -0.15) is 0 Å². The fourth-order valence-electron chi connectivity index (χ4n) is 4.83. The van der Waals surface area contributed by atoms with Crippen molar-refractivity contribution in [2.45, 2.75) is 32.4 Å². The van der Waals surface area contributed by atoms with Crippen molar-refractivity contribution in [2.75, 3.05) is 39.8 Å². The topological polar surface area (TPSA) is 55.5 Å². The average molecular weight is 424 g/mol. The van der Waals surface area contributed by atoms with Crippen molar-refractivity contribution >= 4 is 11.8 Å². The van der Waals surface area contributed by atoms with Crippen molar-refractivity contribution in [3.63, 3.8) is 0 Å². The molecule has 2 amide bonds. The first-order valence-electron chi connectivity index (χ1n) is 11.2. The molecule has 6 heteroatoms. The molecule has 164 valence electrons. The number of imide groups is 1. The fourth-order valence-corrected chi connectivity index (χ4v) is 4.83. The molecular weight excluding hydrogens is 390 g/mol. The lowest BCUT2D eigenvalue weighted by Gasteiger charge is -2.32. The highest BCUT2D eigenvalue weighted by molar-refractivity contribution is 6.04. The van der Waals surface area contributed by atoms with Crippen LogP contribution in [0.1, 0.15) is 23.1 Å². The lowest BCUT2D eigenvalue weighted by atomic mass is 10.1. The highest BCUT2D eigenvalue weighted by Crippen LogP contribution is 2.15. The van der Waals surface area contributed by atoms with Crippen LogP contribution in [0.3, 0.4) is 0 Å². The number of hydrogen-bond acceptors (Lipinski definition) is 3. The van der Waals surface area contributed by atoms with Crippen LogP contribution in [0.15, 0.2) is 48.5 Å². The van der Waals surface area contributed by atoms with E-state index in [1.807, 2.05) is 24.3 Å². The molecule has 1 atom stereocenters. The van der Waals surface area contributed by atoms with Gasteiger partial charge in [-0.15, -0.1) is 0 Å². The Morgan fingerprint density at radius 2 is 1.74 bits per heavy atom. The summed E-state index contributed by atoms with van der Waals surface area (Å²) in [6.07, 6.45) is 1.03. The van der Waals surface area contributed by atoms with Crippen molar-refractivity contribution in [3.05, 3.63) is 65.2 Å². The summed E-state index contributed by atoms with van der Waals surface area (Å²) in [5.74, 6) is 0.797. The van der Waals surface area contributed by atoms with Gasteiger partial charge in [0.05, 0.1) is 13.5 Å². The van der Waals surface area contributed by atoms with E-state index in [1.165, 1.54) is 20.9 Å². The number of carbonyl (C=O) groups is 2. The van der Waals surface area contributed by atoms with E-state index in [0.29, 0.717) is 19.4 Å². The number of carbonyl (C=O) groups excluding carboxylic acids is 2. The Kier molecular flexibility index (Phi) is 6.68. The van der Waals surface area contributed by atoms with E-state index in [4.69, 9.17) is 4.74 Å². The SMILES string of the molecule is COc1ccc(CCN2C(=O)C[C@H]([NH+]3CC[NH+](Cc4cccc(C)c4)CC3)C2=O)cc1. The van der Waals surface area contributed by atoms with Gasteiger partial charge < -0.3 is 14.5 Å². The van der Waals surface area contributed by atoms with Crippen molar-refractivity contribution in [1.82, 2.24) is 4.90 Å². The van der Waals surface area contributed by atoms with Gasteiger partial charge in [-0.1, -0.05) is 42.0 Å². The highest BCUT2D eigenvalue weighted by Gasteiger charge is 2.45. The molecule has 0 bridgehead atoms. The van der Waals surface area contributed by atoms with E-state index in [2.05, 4.69) is 31.2 Å². The van der Waals surface area contributed by atoms with Gasteiger partial charge in [0.25, 0.3) is 5.91 Å². The van der Waals surface area contributed by atoms with Crippen LogP contribution >= 0.6 is 0 Å². The zero-order valence-corrected chi connectivity index (χ0v) is 18.5. The zero-order valence-electron chi connectivity index (χ0n) is 18.5. The maximum absolute atomic E-state index is 13.0. The number of piperazine rings is 1. The number of likely N-dealkylation sites (tertiary alicyclic amines) is 1. The van der Waals surface area contributed by atoms with E-state index in [9.17, 15) is 9.59 Å². The van der Waals surface area contributed by atoms with Crippen LogP contribution in [-0.2, 0) is 22.6 Å². The number of quaternary nitrogens is 2. The van der Waals surface area contributed by atoms with Gasteiger partial charge in [-0.05, 0) is 31.0 Å². The first-order chi connectivity index (χ1) is 15.0. The van der Waals surface area contributed by atoms with Crippen molar-refractivity contribution in [1.29, 1.82) is 0 Å². The molecule has 0 unspecified atom stereocenters. The predicted molar refractivity (Wildman–Crippen MR) is 118 cm³/mol. The molecule has 31 heavy (non-hydrogen) atoms. The molecule has 6 nitrogen and oxygen atoms in total. The van der Waals surface area contributed by atoms with E-state index < -0.39 is 0 Å². The van der Waals surface area contributed by atoms with E-state index >= 15 is 0 Å². The monoisotopic (exact) mass is 423 g/mol. The van der Waals surface area contributed by atoms with Crippen LogP contribution < -0.4 is 14.5 Å². The molecule has 2 aliphatic heterocycles. The van der Waals surface area contributed by atoms with Crippen LogP contribution in [0, 0.1) is 6.92 Å². The minimum atomic E-state index is -0.205. The molecule has 0 radical (unpaired) electrons. The molecule has 2 aromatic rings. The Hall–Kier alpha value is -2.70. The molecule has 2 heterocycles. The van der Waals surface area contributed by atoms with E-state index in [1.54, 1.807) is 12.0 Å². The molecule has 0 aromatic heterocycles. The third-order valence-electron chi connectivity index (χ3n) is 6.66. The number of methoxy groups -OCH3 is 1. The first kappa shape index (κ1) is 21.5. The predicted octanol–water partition coefficient (Wildman–Crippen LogP) is -0.343. The Labute approximate surface area is 184 Å². The molecule has 2 fully saturated rings. The second-order valence-corrected chi connectivity index (χ2v) is 8.81. The second-order valence-electron chi connectivity index (χ2n) is 8.81. The molecule has 0 spiro atoms. The largest absolute Gasteiger partial charge is 0.497 e. The lowest BCUT2D eigenvalue weighted by molar-refractivity contribution is -1.02. The Bertz CT molecular complexity index is 920. The molecule has 0 aliphatic carbocycles. The zero-order chi connectivity index (χ0) is 21.8. The number of nitrogens with zero attached hydrogens (tertiary/aromatic N) is 1. The van der Waals surface area contributed by atoms with Gasteiger partial charge in [0.15, 0.2) is 6.04 Å². The Morgan fingerprint density at radius 1 is 1.00 bits per heavy atom. The van der Waals surface area contributed by atoms with Crippen LogP contribution in [-0.4, -0.2) is 62.6 Å². The standard InChI is InChI=1S/C25H31N3O3/c1-19-4-3-5-21(16-19)18-26-12-14-27(15-13-26)23-17-24(29)28(25(23)30)11-10-20-6-8-22(31-2)9-7-20/h3-9,16,23H,10-15,17-18H2,1-2H3/p+2/t23-/m0/s1. The second kappa shape index (κ2) is 9.62. The minimum Gasteiger partial charge on any atom is -0.497 e. The maximum Gasteiger partial charge on any atom is 0.288 e. The van der Waals surface area contributed by atoms with Gasteiger partial charge in [-0.3, -0.25) is 14.5 Å². The summed E-state index contributed by atoms with van der Waals surface area (Å²) < 4.78 is 5.19. The quantitative estimate of drug-likeness (QED) is 0.599. The van der Waals surface area contributed by atoms with E-state index in [0.717, 1.165) is 44.0 Å². The lowest BCUT2D eigenvalue weighted by Crippen LogP contribution is -3.29. The Morgan fingerprint density at radius 3 is 2.42 bits per heavy atom. The number of ether oxygens (including phenoxy) is 1. The van der Waals surface area contributed by atoms with Crippen LogP contribution in [0.5, 0.6) is 5.75 Å². The molecule has 0 saturated carbocycles. The van der Waals surface area contributed by atoms with Crippen molar-refractivity contribution in [2.24, 2.45) is 0 Å². The van der Waals surface area contributed by atoms with Gasteiger partial charge in [0.1, 0.15) is 38.5 Å². The van der Waals surface area contributed by atoms with Crippen molar-refractivity contribution in [3.8, 4) is 5.75 Å². The van der Waals surface area contributed by atoms with E-state index in [-0.39, 0.29) is 17.9 Å². The summed E-state index contributed by atoms with van der Waals surface area (Å²) in [6.45, 7) is 7.57. The summed E-state index contributed by atoms with van der Waals surface area (Å²) in [5.41, 5.74) is 3.77. The van der Waals surface area contributed by atoms with Crippen LogP contribution in [0.2, 0.25) is 0 Å². The average Bonchev–Trinajstić information content (AvgIpc) is 3.06. The van der Waals surface area contributed by atoms with Gasteiger partial charge >= 0.3 is 0 Å². The maximum atomic E-state index is 13.0. The molecule has 2 aliphatic rings. The fraction of sp³-hybridized carbons (Fsp3) is 0.440. The highest BCUT2D eigenvalue weighted by atomic mass is 16.5. The number of nitrogens with one attached hydrogen (secondary N) is 2. The molecule has 2 saturated heterocycles. The number of rotatable bonds is 7. The van der Waals surface area contributed by atoms with Gasteiger partial charge in [-0.25, -0.2) is 0 Å². The summed E-state index contributed by atoms with van der Waals surface area (Å²) in [6, 6.07) is 16.3. The van der Waals surface area contributed by atoms with Crippen LogP contribution in [0.25, 0.3) is 0 Å². The molecule has 2 aromatic carbocycles. The Balaban J connectivity index is 1.28. The van der Waals surface area contributed by atoms with Gasteiger partial charge in [0, 0.05) is 12.1 Å². The third-order valence-corrected chi connectivity index (χ3v) is 6.66. The molecule has 2 N–H and O–H groups in total. The van der Waals surface area contributed by atoms with Gasteiger partial charge in [0.2, 0.25) is 5.91 Å².